The second kappa shape index (κ2) is 6.36. The Balaban J connectivity index is 1.83. The molecule has 0 radical (unpaired) electrons. The van der Waals surface area contributed by atoms with Crippen LogP contribution in [0.1, 0.15) is 36.0 Å². The molecule has 2 rings (SSSR count). The molecule has 1 heterocycles. The highest BCUT2D eigenvalue weighted by molar-refractivity contribution is 5.93. The van der Waals surface area contributed by atoms with Crippen LogP contribution in [-0.4, -0.2) is 28.5 Å². The fourth-order valence-electron chi connectivity index (χ4n) is 2.54. The summed E-state index contributed by atoms with van der Waals surface area (Å²) in [6.45, 7) is 0.738. The molecule has 0 aliphatic heterocycles. The van der Waals surface area contributed by atoms with Crippen molar-refractivity contribution in [3.63, 3.8) is 0 Å². The molecule has 1 saturated carbocycles. The van der Waals surface area contributed by atoms with Crippen LogP contribution in [0.2, 0.25) is 0 Å². The number of pyridine rings is 1. The van der Waals surface area contributed by atoms with E-state index >= 15 is 0 Å². The van der Waals surface area contributed by atoms with Crippen LogP contribution in [0.5, 0.6) is 0 Å². The Morgan fingerprint density at radius 1 is 1.35 bits per heavy atom. The summed E-state index contributed by atoms with van der Waals surface area (Å²) in [7, 11) is 0. The van der Waals surface area contributed by atoms with Crippen molar-refractivity contribution >= 4 is 17.7 Å². The molecule has 0 spiro atoms. The topological polar surface area (TPSA) is 105 Å². The number of rotatable bonds is 5. The van der Waals surface area contributed by atoms with Gasteiger partial charge in [0, 0.05) is 18.3 Å². The standard InChI is InChI=1S/C14H19N3O3/c15-13(18)11-5-6-16-12(7-11)17-8-9-1-3-10(4-2-9)14(19)20/h5-7,9-10H,1-4,8H2,(H2,15,18)(H,16,17)(H,19,20). The first-order valence-corrected chi connectivity index (χ1v) is 6.79. The van der Waals surface area contributed by atoms with E-state index in [1.165, 1.54) is 0 Å². The average Bonchev–Trinajstić information content (AvgIpc) is 2.46. The monoisotopic (exact) mass is 277 g/mol. The van der Waals surface area contributed by atoms with Gasteiger partial charge in [-0.2, -0.15) is 0 Å². The Kier molecular flexibility index (Phi) is 4.55. The molecule has 0 aromatic carbocycles. The van der Waals surface area contributed by atoms with E-state index in [1.807, 2.05) is 0 Å². The summed E-state index contributed by atoms with van der Waals surface area (Å²) in [5.74, 6) is -0.279. The van der Waals surface area contributed by atoms with Gasteiger partial charge in [-0.25, -0.2) is 4.98 Å². The van der Waals surface area contributed by atoms with E-state index in [9.17, 15) is 9.59 Å². The van der Waals surface area contributed by atoms with E-state index in [-0.39, 0.29) is 5.92 Å². The summed E-state index contributed by atoms with van der Waals surface area (Å²) in [6, 6.07) is 3.21. The molecule has 1 aliphatic carbocycles. The predicted molar refractivity (Wildman–Crippen MR) is 74.3 cm³/mol. The molecule has 1 fully saturated rings. The van der Waals surface area contributed by atoms with Gasteiger partial charge >= 0.3 is 5.97 Å². The lowest BCUT2D eigenvalue weighted by atomic mass is 9.82. The molecule has 20 heavy (non-hydrogen) atoms. The quantitative estimate of drug-likeness (QED) is 0.756. The Labute approximate surface area is 117 Å². The number of carboxylic acid groups (broad SMARTS) is 1. The Morgan fingerprint density at radius 3 is 2.65 bits per heavy atom. The van der Waals surface area contributed by atoms with Crippen LogP contribution < -0.4 is 11.1 Å². The molecule has 0 atom stereocenters. The molecule has 1 aromatic rings. The molecule has 1 aliphatic rings. The van der Waals surface area contributed by atoms with Gasteiger partial charge in [0.2, 0.25) is 5.91 Å². The van der Waals surface area contributed by atoms with E-state index < -0.39 is 11.9 Å². The molecule has 6 heteroatoms. The number of amides is 1. The van der Waals surface area contributed by atoms with Gasteiger partial charge in [0.25, 0.3) is 0 Å². The Hall–Kier alpha value is -2.11. The number of nitrogens with one attached hydrogen (secondary N) is 1. The van der Waals surface area contributed by atoms with Crippen molar-refractivity contribution in [2.24, 2.45) is 17.6 Å². The SMILES string of the molecule is NC(=O)c1ccnc(NCC2CCC(C(=O)O)CC2)c1. The van der Waals surface area contributed by atoms with Gasteiger partial charge in [-0.3, -0.25) is 9.59 Å². The van der Waals surface area contributed by atoms with Crippen LogP contribution in [0, 0.1) is 11.8 Å². The third-order valence-corrected chi connectivity index (χ3v) is 3.81. The van der Waals surface area contributed by atoms with Gasteiger partial charge in [-0.1, -0.05) is 0 Å². The van der Waals surface area contributed by atoms with Crippen molar-refractivity contribution in [1.29, 1.82) is 0 Å². The van der Waals surface area contributed by atoms with Crippen LogP contribution in [0.3, 0.4) is 0 Å². The normalized spacial score (nSPS) is 22.2. The maximum atomic E-state index is 11.1. The van der Waals surface area contributed by atoms with Crippen molar-refractivity contribution in [2.45, 2.75) is 25.7 Å². The number of hydrogen-bond acceptors (Lipinski definition) is 4. The zero-order valence-corrected chi connectivity index (χ0v) is 11.2. The fourth-order valence-corrected chi connectivity index (χ4v) is 2.54. The van der Waals surface area contributed by atoms with Gasteiger partial charge in [0.05, 0.1) is 5.92 Å². The van der Waals surface area contributed by atoms with Crippen LogP contribution in [-0.2, 0) is 4.79 Å². The minimum atomic E-state index is -0.688. The first-order valence-electron chi connectivity index (χ1n) is 6.79. The summed E-state index contributed by atoms with van der Waals surface area (Å²) in [5.41, 5.74) is 5.64. The molecule has 1 amide bonds. The molecular formula is C14H19N3O3. The number of carbonyl (C=O) groups is 2. The van der Waals surface area contributed by atoms with E-state index in [0.29, 0.717) is 17.3 Å². The Morgan fingerprint density at radius 2 is 2.05 bits per heavy atom. The van der Waals surface area contributed by atoms with Gasteiger partial charge in [0.1, 0.15) is 5.82 Å². The molecule has 0 bridgehead atoms. The molecule has 0 saturated heterocycles. The summed E-state index contributed by atoms with van der Waals surface area (Å²) in [5, 5.41) is 12.1. The van der Waals surface area contributed by atoms with E-state index in [4.69, 9.17) is 10.8 Å². The second-order valence-corrected chi connectivity index (χ2v) is 5.23. The van der Waals surface area contributed by atoms with Gasteiger partial charge in [0.15, 0.2) is 0 Å². The number of nitrogens with zero attached hydrogens (tertiary/aromatic N) is 1. The summed E-state index contributed by atoms with van der Waals surface area (Å²) in [6.07, 6.45) is 4.82. The molecule has 6 nitrogen and oxygen atoms in total. The first kappa shape index (κ1) is 14.3. The van der Waals surface area contributed by atoms with E-state index in [0.717, 1.165) is 32.2 Å². The summed E-state index contributed by atoms with van der Waals surface area (Å²) >= 11 is 0. The lowest BCUT2D eigenvalue weighted by molar-refractivity contribution is -0.143. The highest BCUT2D eigenvalue weighted by Crippen LogP contribution is 2.29. The van der Waals surface area contributed by atoms with Crippen LogP contribution in [0.25, 0.3) is 0 Å². The second-order valence-electron chi connectivity index (χ2n) is 5.23. The van der Waals surface area contributed by atoms with Crippen molar-refractivity contribution in [3.8, 4) is 0 Å². The van der Waals surface area contributed by atoms with E-state index in [1.54, 1.807) is 18.3 Å². The summed E-state index contributed by atoms with van der Waals surface area (Å²) in [4.78, 5) is 26.1. The molecule has 108 valence electrons. The first-order chi connectivity index (χ1) is 9.56. The highest BCUT2D eigenvalue weighted by atomic mass is 16.4. The van der Waals surface area contributed by atoms with Crippen LogP contribution in [0.4, 0.5) is 5.82 Å². The number of carboxylic acids is 1. The lowest BCUT2D eigenvalue weighted by Crippen LogP contribution is -2.25. The number of aromatic nitrogens is 1. The van der Waals surface area contributed by atoms with Crippen molar-refractivity contribution in [2.75, 3.05) is 11.9 Å². The molecular weight excluding hydrogens is 258 g/mol. The average molecular weight is 277 g/mol. The minimum Gasteiger partial charge on any atom is -0.481 e. The number of carbonyl (C=O) groups excluding carboxylic acids is 1. The zero-order valence-electron chi connectivity index (χ0n) is 11.2. The largest absolute Gasteiger partial charge is 0.481 e. The fraction of sp³-hybridized carbons (Fsp3) is 0.500. The summed E-state index contributed by atoms with van der Waals surface area (Å²) < 4.78 is 0. The van der Waals surface area contributed by atoms with E-state index in [2.05, 4.69) is 10.3 Å². The molecule has 4 N–H and O–H groups in total. The number of hydrogen-bond donors (Lipinski definition) is 3. The van der Waals surface area contributed by atoms with Gasteiger partial charge in [-0.15, -0.1) is 0 Å². The minimum absolute atomic E-state index is 0.192. The molecule has 0 unspecified atom stereocenters. The number of primary amides is 1. The van der Waals surface area contributed by atoms with Crippen molar-refractivity contribution in [3.05, 3.63) is 23.9 Å². The smallest absolute Gasteiger partial charge is 0.306 e. The maximum Gasteiger partial charge on any atom is 0.306 e. The van der Waals surface area contributed by atoms with Gasteiger partial charge < -0.3 is 16.2 Å². The van der Waals surface area contributed by atoms with Gasteiger partial charge in [-0.05, 0) is 43.7 Å². The number of aliphatic carboxylic acids is 1. The van der Waals surface area contributed by atoms with Crippen molar-refractivity contribution < 1.29 is 14.7 Å². The predicted octanol–water partition coefficient (Wildman–Crippen LogP) is 1.48. The van der Waals surface area contributed by atoms with Crippen LogP contribution >= 0.6 is 0 Å². The maximum absolute atomic E-state index is 11.1. The highest BCUT2D eigenvalue weighted by Gasteiger charge is 2.25. The van der Waals surface area contributed by atoms with Crippen molar-refractivity contribution in [1.82, 2.24) is 4.98 Å². The third-order valence-electron chi connectivity index (χ3n) is 3.81. The third kappa shape index (κ3) is 3.69. The number of nitrogens with two attached hydrogens (primary N) is 1. The zero-order chi connectivity index (χ0) is 14.5. The lowest BCUT2D eigenvalue weighted by Gasteiger charge is -2.26. The number of anilines is 1. The molecule has 1 aromatic heterocycles. The van der Waals surface area contributed by atoms with Crippen LogP contribution in [0.15, 0.2) is 18.3 Å². The Bertz CT molecular complexity index is 496.